The van der Waals surface area contributed by atoms with Gasteiger partial charge in [-0.15, -0.1) is 0 Å². The molecule has 1 aliphatic rings. The van der Waals surface area contributed by atoms with E-state index in [1.165, 1.54) is 50.3 Å². The number of likely N-dealkylation sites (N-methyl/N-ethyl adjacent to an activating group) is 1. The van der Waals surface area contributed by atoms with Crippen LogP contribution in [-0.4, -0.2) is 42.5 Å². The van der Waals surface area contributed by atoms with E-state index in [1.54, 1.807) is 0 Å². The summed E-state index contributed by atoms with van der Waals surface area (Å²) < 4.78 is 5.87. The lowest BCUT2D eigenvalue weighted by molar-refractivity contribution is 0.257. The Morgan fingerprint density at radius 3 is 2.25 bits per heavy atom. The summed E-state index contributed by atoms with van der Waals surface area (Å²) in [4.78, 5) is 5.11. The van der Waals surface area contributed by atoms with E-state index in [0.29, 0.717) is 6.61 Å². The van der Waals surface area contributed by atoms with Gasteiger partial charge in [-0.05, 0) is 49.3 Å². The first-order valence-electron chi connectivity index (χ1n) is 9.04. The third-order valence-electron chi connectivity index (χ3n) is 4.71. The van der Waals surface area contributed by atoms with E-state index < -0.39 is 0 Å². The molecule has 0 bridgehead atoms. The highest BCUT2D eigenvalue weighted by Crippen LogP contribution is 2.16. The van der Waals surface area contributed by atoms with Crippen LogP contribution < -0.4 is 4.74 Å². The molecule has 24 heavy (non-hydrogen) atoms. The van der Waals surface area contributed by atoms with E-state index >= 15 is 0 Å². The van der Waals surface area contributed by atoms with Gasteiger partial charge in [0.05, 0.1) is 0 Å². The summed E-state index contributed by atoms with van der Waals surface area (Å²) in [7, 11) is 0. The molecule has 0 unspecified atom stereocenters. The van der Waals surface area contributed by atoms with Crippen LogP contribution in [0.5, 0.6) is 5.75 Å². The number of benzene rings is 2. The molecule has 128 valence electrons. The van der Waals surface area contributed by atoms with Crippen molar-refractivity contribution in [1.29, 1.82) is 0 Å². The van der Waals surface area contributed by atoms with Crippen molar-refractivity contribution in [1.82, 2.24) is 9.80 Å². The van der Waals surface area contributed by atoms with Gasteiger partial charge in [-0.3, -0.25) is 4.90 Å². The summed E-state index contributed by atoms with van der Waals surface area (Å²) >= 11 is 0. The second-order valence-corrected chi connectivity index (χ2v) is 6.48. The predicted octanol–water partition coefficient (Wildman–Crippen LogP) is 3.79. The van der Waals surface area contributed by atoms with Crippen molar-refractivity contribution in [3.8, 4) is 5.75 Å². The van der Waals surface area contributed by atoms with Crippen LogP contribution in [0.2, 0.25) is 0 Å². The highest BCUT2D eigenvalue weighted by Gasteiger charge is 2.13. The first kappa shape index (κ1) is 17.0. The van der Waals surface area contributed by atoms with Crippen molar-refractivity contribution in [2.24, 2.45) is 0 Å². The molecule has 1 saturated heterocycles. The van der Waals surface area contributed by atoms with Crippen LogP contribution in [0, 0.1) is 0 Å². The van der Waals surface area contributed by atoms with E-state index in [0.717, 1.165) is 12.3 Å². The first-order chi connectivity index (χ1) is 11.8. The van der Waals surface area contributed by atoms with Crippen molar-refractivity contribution in [2.45, 2.75) is 26.5 Å². The van der Waals surface area contributed by atoms with Gasteiger partial charge in [-0.25, -0.2) is 0 Å². The molecular weight excluding hydrogens is 296 g/mol. The van der Waals surface area contributed by atoms with Crippen molar-refractivity contribution in [3.05, 3.63) is 65.7 Å². The highest BCUT2D eigenvalue weighted by molar-refractivity contribution is 5.27. The summed E-state index contributed by atoms with van der Waals surface area (Å²) in [6.07, 6.45) is 1.27. The minimum absolute atomic E-state index is 0.624. The van der Waals surface area contributed by atoms with Gasteiger partial charge >= 0.3 is 0 Å². The van der Waals surface area contributed by atoms with Gasteiger partial charge in [0.1, 0.15) is 12.4 Å². The molecule has 3 rings (SSSR count). The zero-order valence-corrected chi connectivity index (χ0v) is 14.7. The van der Waals surface area contributed by atoms with E-state index in [9.17, 15) is 0 Å². The van der Waals surface area contributed by atoms with Crippen LogP contribution in [0.15, 0.2) is 54.6 Å². The molecule has 2 aromatic rings. The predicted molar refractivity (Wildman–Crippen MR) is 99.2 cm³/mol. The fraction of sp³-hybridized carbons (Fsp3) is 0.429. The molecule has 0 aromatic heterocycles. The third kappa shape index (κ3) is 5.08. The zero-order valence-electron chi connectivity index (χ0n) is 14.7. The maximum absolute atomic E-state index is 5.87. The standard InChI is InChI=1S/C21H28N2O/c1-2-22-13-6-14-23(16-15-22)17-19-9-11-21(12-10-19)24-18-20-7-4-3-5-8-20/h3-5,7-12H,2,6,13-18H2,1H3. The Morgan fingerprint density at radius 1 is 0.792 bits per heavy atom. The molecule has 0 aliphatic carbocycles. The lowest BCUT2D eigenvalue weighted by Gasteiger charge is -2.21. The third-order valence-corrected chi connectivity index (χ3v) is 4.71. The molecule has 0 atom stereocenters. The SMILES string of the molecule is CCN1CCCN(Cc2ccc(OCc3ccccc3)cc2)CC1. The molecule has 1 heterocycles. The van der Waals surface area contributed by atoms with Gasteiger partial charge in [-0.2, -0.15) is 0 Å². The summed E-state index contributed by atoms with van der Waals surface area (Å²) in [6, 6.07) is 18.9. The second kappa shape index (κ2) is 8.86. The summed E-state index contributed by atoms with van der Waals surface area (Å²) in [5, 5.41) is 0. The quantitative estimate of drug-likeness (QED) is 0.804. The Bertz CT molecular complexity index is 597. The molecule has 0 radical (unpaired) electrons. The largest absolute Gasteiger partial charge is 0.489 e. The van der Waals surface area contributed by atoms with Crippen LogP contribution in [0.3, 0.4) is 0 Å². The monoisotopic (exact) mass is 324 g/mol. The van der Waals surface area contributed by atoms with Crippen molar-refractivity contribution >= 4 is 0 Å². The normalized spacial score (nSPS) is 16.7. The average molecular weight is 324 g/mol. The lowest BCUT2D eigenvalue weighted by Crippen LogP contribution is -2.30. The summed E-state index contributed by atoms with van der Waals surface area (Å²) in [5.41, 5.74) is 2.57. The first-order valence-corrected chi connectivity index (χ1v) is 9.04. The van der Waals surface area contributed by atoms with Crippen LogP contribution in [-0.2, 0) is 13.2 Å². The van der Waals surface area contributed by atoms with Gasteiger partial charge < -0.3 is 9.64 Å². The van der Waals surface area contributed by atoms with Gasteiger partial charge in [0.25, 0.3) is 0 Å². The maximum Gasteiger partial charge on any atom is 0.119 e. The van der Waals surface area contributed by atoms with Crippen LogP contribution in [0.25, 0.3) is 0 Å². The molecule has 1 aliphatic heterocycles. The molecule has 1 fully saturated rings. The molecule has 3 heteroatoms. The number of nitrogens with zero attached hydrogens (tertiary/aromatic N) is 2. The number of rotatable bonds is 6. The molecule has 0 saturated carbocycles. The second-order valence-electron chi connectivity index (χ2n) is 6.48. The minimum atomic E-state index is 0.624. The summed E-state index contributed by atoms with van der Waals surface area (Å²) in [6.45, 7) is 9.87. The topological polar surface area (TPSA) is 15.7 Å². The highest BCUT2D eigenvalue weighted by atomic mass is 16.5. The number of hydrogen-bond donors (Lipinski definition) is 0. The van der Waals surface area contributed by atoms with Gasteiger partial charge in [-0.1, -0.05) is 49.4 Å². The lowest BCUT2D eigenvalue weighted by atomic mass is 10.2. The van der Waals surface area contributed by atoms with Crippen molar-refractivity contribution < 1.29 is 4.74 Å². The Kier molecular flexibility index (Phi) is 6.27. The van der Waals surface area contributed by atoms with Crippen LogP contribution >= 0.6 is 0 Å². The smallest absolute Gasteiger partial charge is 0.119 e. The molecule has 3 nitrogen and oxygen atoms in total. The van der Waals surface area contributed by atoms with Crippen LogP contribution in [0.1, 0.15) is 24.5 Å². The fourth-order valence-electron chi connectivity index (χ4n) is 3.19. The number of ether oxygens (including phenoxy) is 1. The Labute approximate surface area is 145 Å². The Morgan fingerprint density at radius 2 is 1.50 bits per heavy atom. The zero-order chi connectivity index (χ0) is 16.6. The molecular formula is C21H28N2O. The number of hydrogen-bond acceptors (Lipinski definition) is 3. The summed E-state index contributed by atoms with van der Waals surface area (Å²) in [5.74, 6) is 0.940. The maximum atomic E-state index is 5.87. The average Bonchev–Trinajstić information content (AvgIpc) is 2.87. The van der Waals surface area contributed by atoms with E-state index in [2.05, 4.69) is 53.1 Å². The fourth-order valence-corrected chi connectivity index (χ4v) is 3.19. The van der Waals surface area contributed by atoms with E-state index in [4.69, 9.17) is 4.74 Å². The van der Waals surface area contributed by atoms with Gasteiger partial charge in [0.15, 0.2) is 0 Å². The minimum Gasteiger partial charge on any atom is -0.489 e. The molecule has 0 amide bonds. The van der Waals surface area contributed by atoms with Gasteiger partial charge in [0.2, 0.25) is 0 Å². The Hall–Kier alpha value is -1.84. The van der Waals surface area contributed by atoms with E-state index in [-0.39, 0.29) is 0 Å². The Balaban J connectivity index is 1.49. The van der Waals surface area contributed by atoms with Gasteiger partial charge in [0, 0.05) is 19.6 Å². The van der Waals surface area contributed by atoms with Crippen LogP contribution in [0.4, 0.5) is 0 Å². The van der Waals surface area contributed by atoms with Crippen molar-refractivity contribution in [3.63, 3.8) is 0 Å². The molecule has 0 spiro atoms. The molecule has 2 aromatic carbocycles. The molecule has 0 N–H and O–H groups in total. The van der Waals surface area contributed by atoms with E-state index in [1.807, 2.05) is 18.2 Å². The van der Waals surface area contributed by atoms with Crippen molar-refractivity contribution in [2.75, 3.05) is 32.7 Å².